The Hall–Kier alpha value is -1.58. The SMILES string of the molecule is CC1(C(=O)O)CCCN(c2cccc(C(C)(C)C)n2)C1. The Morgan fingerprint density at radius 3 is 2.70 bits per heavy atom. The number of hydrogen-bond acceptors (Lipinski definition) is 3. The lowest BCUT2D eigenvalue weighted by Gasteiger charge is -2.38. The molecule has 1 atom stereocenters. The number of aromatic nitrogens is 1. The molecule has 0 saturated carbocycles. The van der Waals surface area contributed by atoms with Crippen molar-refractivity contribution in [3.8, 4) is 0 Å². The summed E-state index contributed by atoms with van der Waals surface area (Å²) in [6.07, 6.45) is 1.63. The topological polar surface area (TPSA) is 53.4 Å². The van der Waals surface area contributed by atoms with Gasteiger partial charge in [-0.05, 0) is 31.9 Å². The van der Waals surface area contributed by atoms with E-state index in [0.717, 1.165) is 30.9 Å². The lowest BCUT2D eigenvalue weighted by atomic mass is 9.82. The van der Waals surface area contributed by atoms with E-state index < -0.39 is 11.4 Å². The summed E-state index contributed by atoms with van der Waals surface area (Å²) in [5.41, 5.74) is 0.372. The number of nitrogens with zero attached hydrogens (tertiary/aromatic N) is 2. The van der Waals surface area contributed by atoms with Gasteiger partial charge in [-0.2, -0.15) is 0 Å². The van der Waals surface area contributed by atoms with Gasteiger partial charge in [-0.15, -0.1) is 0 Å². The molecule has 0 bridgehead atoms. The maximum atomic E-state index is 11.4. The molecule has 0 amide bonds. The number of carbonyl (C=O) groups is 1. The van der Waals surface area contributed by atoms with Crippen LogP contribution in [-0.4, -0.2) is 29.1 Å². The van der Waals surface area contributed by atoms with Crippen molar-refractivity contribution in [2.45, 2.75) is 46.0 Å². The molecular formula is C16H24N2O2. The van der Waals surface area contributed by atoms with E-state index in [0.29, 0.717) is 6.54 Å². The minimum Gasteiger partial charge on any atom is -0.481 e. The summed E-state index contributed by atoms with van der Waals surface area (Å²) in [6, 6.07) is 6.02. The smallest absolute Gasteiger partial charge is 0.311 e. The van der Waals surface area contributed by atoms with E-state index in [1.54, 1.807) is 0 Å². The Labute approximate surface area is 120 Å². The van der Waals surface area contributed by atoms with Crippen molar-refractivity contribution in [3.63, 3.8) is 0 Å². The highest BCUT2D eigenvalue weighted by atomic mass is 16.4. The molecule has 4 nitrogen and oxygen atoms in total. The summed E-state index contributed by atoms with van der Waals surface area (Å²) in [7, 11) is 0. The molecule has 2 rings (SSSR count). The van der Waals surface area contributed by atoms with Crippen LogP contribution >= 0.6 is 0 Å². The quantitative estimate of drug-likeness (QED) is 0.902. The minimum atomic E-state index is -0.714. The van der Waals surface area contributed by atoms with Gasteiger partial charge in [0.2, 0.25) is 0 Å². The lowest BCUT2D eigenvalue weighted by molar-refractivity contribution is -0.148. The second kappa shape index (κ2) is 5.08. The molecule has 1 aliphatic heterocycles. The Bertz CT molecular complexity index is 507. The zero-order valence-electron chi connectivity index (χ0n) is 12.8. The first kappa shape index (κ1) is 14.8. The number of aliphatic carboxylic acids is 1. The van der Waals surface area contributed by atoms with Crippen LogP contribution in [0.5, 0.6) is 0 Å². The van der Waals surface area contributed by atoms with Gasteiger partial charge in [0.1, 0.15) is 5.82 Å². The van der Waals surface area contributed by atoms with Crippen molar-refractivity contribution in [1.82, 2.24) is 4.98 Å². The van der Waals surface area contributed by atoms with E-state index in [4.69, 9.17) is 4.98 Å². The van der Waals surface area contributed by atoms with Gasteiger partial charge >= 0.3 is 5.97 Å². The van der Waals surface area contributed by atoms with Gasteiger partial charge < -0.3 is 10.0 Å². The van der Waals surface area contributed by atoms with E-state index in [1.807, 2.05) is 25.1 Å². The zero-order valence-corrected chi connectivity index (χ0v) is 12.8. The number of pyridine rings is 1. The van der Waals surface area contributed by atoms with Crippen molar-refractivity contribution in [2.24, 2.45) is 5.41 Å². The van der Waals surface area contributed by atoms with Crippen molar-refractivity contribution >= 4 is 11.8 Å². The molecule has 20 heavy (non-hydrogen) atoms. The molecule has 0 spiro atoms. The molecule has 1 saturated heterocycles. The minimum absolute atomic E-state index is 0.00188. The number of piperidine rings is 1. The van der Waals surface area contributed by atoms with E-state index in [-0.39, 0.29) is 5.41 Å². The predicted octanol–water partition coefficient (Wildman–Crippen LogP) is 3.07. The maximum Gasteiger partial charge on any atom is 0.311 e. The Morgan fingerprint density at radius 2 is 2.10 bits per heavy atom. The van der Waals surface area contributed by atoms with Gasteiger partial charge in [0.05, 0.1) is 5.41 Å². The summed E-state index contributed by atoms with van der Waals surface area (Å²) >= 11 is 0. The van der Waals surface area contributed by atoms with Crippen LogP contribution in [0.25, 0.3) is 0 Å². The highest BCUT2D eigenvalue weighted by molar-refractivity contribution is 5.75. The van der Waals surface area contributed by atoms with E-state index in [1.165, 1.54) is 0 Å². The molecule has 1 aliphatic rings. The molecule has 110 valence electrons. The van der Waals surface area contributed by atoms with Gasteiger partial charge in [0.25, 0.3) is 0 Å². The molecule has 1 unspecified atom stereocenters. The van der Waals surface area contributed by atoms with Gasteiger partial charge in [0.15, 0.2) is 0 Å². The third-order valence-corrected chi connectivity index (χ3v) is 4.04. The molecule has 1 N–H and O–H groups in total. The van der Waals surface area contributed by atoms with Crippen LogP contribution in [0, 0.1) is 5.41 Å². The van der Waals surface area contributed by atoms with Gasteiger partial charge in [-0.25, -0.2) is 4.98 Å². The van der Waals surface area contributed by atoms with Crippen LogP contribution in [0.4, 0.5) is 5.82 Å². The largest absolute Gasteiger partial charge is 0.481 e. The highest BCUT2D eigenvalue weighted by Crippen LogP contribution is 2.32. The Balaban J connectivity index is 2.26. The predicted molar refractivity (Wildman–Crippen MR) is 80.1 cm³/mol. The Kier molecular flexibility index (Phi) is 3.76. The zero-order chi connectivity index (χ0) is 15.0. The first-order valence-electron chi connectivity index (χ1n) is 7.18. The lowest BCUT2D eigenvalue weighted by Crippen LogP contribution is -2.46. The fourth-order valence-electron chi connectivity index (χ4n) is 2.63. The molecule has 1 aromatic heterocycles. The summed E-state index contributed by atoms with van der Waals surface area (Å²) in [6.45, 7) is 9.64. The second-order valence-electron chi connectivity index (χ2n) is 7.02. The molecule has 1 fully saturated rings. The first-order chi connectivity index (χ1) is 9.22. The van der Waals surface area contributed by atoms with Gasteiger partial charge in [-0.1, -0.05) is 26.8 Å². The third kappa shape index (κ3) is 2.94. The average molecular weight is 276 g/mol. The van der Waals surface area contributed by atoms with Gasteiger partial charge in [-0.3, -0.25) is 4.79 Å². The summed E-state index contributed by atoms with van der Waals surface area (Å²) < 4.78 is 0. The molecular weight excluding hydrogens is 252 g/mol. The van der Waals surface area contributed by atoms with Crippen molar-refractivity contribution in [3.05, 3.63) is 23.9 Å². The summed E-state index contributed by atoms with van der Waals surface area (Å²) in [4.78, 5) is 18.3. The molecule has 0 aliphatic carbocycles. The molecule has 4 heteroatoms. The Morgan fingerprint density at radius 1 is 1.40 bits per heavy atom. The highest BCUT2D eigenvalue weighted by Gasteiger charge is 2.38. The number of carboxylic acid groups (broad SMARTS) is 1. The number of hydrogen-bond donors (Lipinski definition) is 1. The average Bonchev–Trinajstić information content (AvgIpc) is 2.38. The van der Waals surface area contributed by atoms with Crippen molar-refractivity contribution in [1.29, 1.82) is 0 Å². The first-order valence-corrected chi connectivity index (χ1v) is 7.18. The number of rotatable bonds is 2. The standard InChI is InChI=1S/C16H24N2O2/c1-15(2,3)12-7-5-8-13(17-12)18-10-6-9-16(4,11-18)14(19)20/h5,7-8H,6,9-11H2,1-4H3,(H,19,20). The van der Waals surface area contributed by atoms with Crippen LogP contribution in [-0.2, 0) is 10.2 Å². The fourth-order valence-corrected chi connectivity index (χ4v) is 2.63. The normalized spacial score (nSPS) is 23.7. The second-order valence-corrected chi connectivity index (χ2v) is 7.02. The fraction of sp³-hybridized carbons (Fsp3) is 0.625. The van der Waals surface area contributed by atoms with Crippen LogP contribution in [0.1, 0.15) is 46.2 Å². The molecule has 0 aromatic carbocycles. The van der Waals surface area contributed by atoms with Crippen LogP contribution in [0.2, 0.25) is 0 Å². The van der Waals surface area contributed by atoms with E-state index in [9.17, 15) is 9.90 Å². The van der Waals surface area contributed by atoms with Gasteiger partial charge in [0, 0.05) is 24.2 Å². The van der Waals surface area contributed by atoms with E-state index >= 15 is 0 Å². The van der Waals surface area contributed by atoms with E-state index in [2.05, 4.69) is 25.7 Å². The monoisotopic (exact) mass is 276 g/mol. The molecule has 0 radical (unpaired) electrons. The van der Waals surface area contributed by atoms with Crippen molar-refractivity contribution < 1.29 is 9.90 Å². The number of anilines is 1. The number of carboxylic acids is 1. The molecule has 2 heterocycles. The summed E-state index contributed by atoms with van der Waals surface area (Å²) in [5, 5.41) is 9.40. The van der Waals surface area contributed by atoms with Crippen LogP contribution in [0.3, 0.4) is 0 Å². The van der Waals surface area contributed by atoms with Crippen LogP contribution < -0.4 is 4.90 Å². The van der Waals surface area contributed by atoms with Crippen LogP contribution in [0.15, 0.2) is 18.2 Å². The maximum absolute atomic E-state index is 11.4. The molecule has 1 aromatic rings. The van der Waals surface area contributed by atoms with Crippen molar-refractivity contribution in [2.75, 3.05) is 18.0 Å². The summed E-state index contributed by atoms with van der Waals surface area (Å²) in [5.74, 6) is 0.179. The third-order valence-electron chi connectivity index (χ3n) is 4.04.